The van der Waals surface area contributed by atoms with E-state index in [0.29, 0.717) is 0 Å². The van der Waals surface area contributed by atoms with E-state index in [1.54, 1.807) is 0 Å². The molecule has 0 fully saturated rings. The zero-order chi connectivity index (χ0) is 10.7. The summed E-state index contributed by atoms with van der Waals surface area (Å²) in [5, 5.41) is 1.34. The molecule has 0 atom stereocenters. The van der Waals surface area contributed by atoms with Gasteiger partial charge in [0.2, 0.25) is 6.20 Å². The molecule has 1 aromatic carbocycles. The van der Waals surface area contributed by atoms with Gasteiger partial charge in [-0.2, -0.15) is 4.68 Å². The highest BCUT2D eigenvalue weighted by atomic mass is 15.4. The van der Waals surface area contributed by atoms with Crippen LogP contribution < -0.4 is 4.68 Å². The molecule has 80 valence electrons. The molecule has 2 nitrogen and oxygen atoms in total. The lowest BCUT2D eigenvalue weighted by molar-refractivity contribution is -0.773. The van der Waals surface area contributed by atoms with Gasteiger partial charge in [-0.25, -0.2) is 0 Å². The molecule has 1 heterocycles. The molecule has 2 heteroatoms. The number of para-hydroxylation sites is 1. The quantitative estimate of drug-likeness (QED) is 0.676. The minimum Gasteiger partial charge on any atom is -0.153 e. The van der Waals surface area contributed by atoms with E-state index >= 15 is 0 Å². The lowest BCUT2D eigenvalue weighted by Crippen LogP contribution is -2.42. The molecule has 0 unspecified atom stereocenters. The van der Waals surface area contributed by atoms with Gasteiger partial charge in [0.05, 0.1) is 11.9 Å². The smallest absolute Gasteiger partial charge is 0.153 e. The summed E-state index contributed by atoms with van der Waals surface area (Å²) >= 11 is 0. The highest BCUT2D eigenvalue weighted by Gasteiger charge is 2.12. The second kappa shape index (κ2) is 4.47. The van der Waals surface area contributed by atoms with Crippen molar-refractivity contribution in [3.05, 3.63) is 30.5 Å². The number of aryl methyl sites for hydroxylation is 2. The maximum absolute atomic E-state index is 2.35. The number of unbranched alkanes of at least 4 members (excludes halogenated alkanes) is 1. The number of aromatic nitrogens is 2. The molecule has 0 radical (unpaired) electrons. The maximum atomic E-state index is 2.35. The third-order valence-corrected chi connectivity index (χ3v) is 2.85. The van der Waals surface area contributed by atoms with Crippen molar-refractivity contribution in [3.8, 4) is 0 Å². The number of hydrogen-bond acceptors (Lipinski definition) is 0. The summed E-state index contributed by atoms with van der Waals surface area (Å²) in [4.78, 5) is 0. The van der Waals surface area contributed by atoms with Crippen LogP contribution in [0.25, 0.3) is 10.9 Å². The van der Waals surface area contributed by atoms with Gasteiger partial charge in [0.25, 0.3) is 0 Å². The van der Waals surface area contributed by atoms with Crippen LogP contribution in [0.2, 0.25) is 0 Å². The molecule has 0 saturated carbocycles. The van der Waals surface area contributed by atoms with Gasteiger partial charge in [0.1, 0.15) is 5.52 Å². The van der Waals surface area contributed by atoms with Crippen LogP contribution in [0.5, 0.6) is 0 Å². The van der Waals surface area contributed by atoms with Crippen molar-refractivity contribution in [2.24, 2.45) is 0 Å². The second-order valence-electron chi connectivity index (χ2n) is 3.92. The van der Waals surface area contributed by atoms with Gasteiger partial charge in [-0.15, -0.1) is 4.68 Å². The van der Waals surface area contributed by atoms with Crippen LogP contribution in [0.4, 0.5) is 0 Å². The van der Waals surface area contributed by atoms with Crippen LogP contribution in [-0.4, -0.2) is 4.68 Å². The molecule has 15 heavy (non-hydrogen) atoms. The highest BCUT2D eigenvalue weighted by Crippen LogP contribution is 2.11. The summed E-state index contributed by atoms with van der Waals surface area (Å²) in [5.41, 5.74) is 1.34. The topological polar surface area (TPSA) is 8.81 Å². The number of nitrogens with zero attached hydrogens (tertiary/aromatic N) is 2. The lowest BCUT2D eigenvalue weighted by atomic mass is 10.2. The molecule has 2 rings (SSSR count). The Morgan fingerprint density at radius 1 is 1.20 bits per heavy atom. The molecular formula is C13H19N2+. The SMILES string of the molecule is CCCC[n+]1cc2ccccc2n1CC. The Morgan fingerprint density at radius 3 is 2.73 bits per heavy atom. The third kappa shape index (κ3) is 1.89. The van der Waals surface area contributed by atoms with E-state index in [2.05, 4.69) is 53.7 Å². The fourth-order valence-electron chi connectivity index (χ4n) is 2.06. The Morgan fingerprint density at radius 2 is 2.00 bits per heavy atom. The van der Waals surface area contributed by atoms with Crippen molar-refractivity contribution in [2.45, 2.75) is 39.8 Å². The average Bonchev–Trinajstić information content (AvgIpc) is 2.63. The first-order chi connectivity index (χ1) is 7.36. The fourth-order valence-corrected chi connectivity index (χ4v) is 2.06. The van der Waals surface area contributed by atoms with Crippen LogP contribution in [0.1, 0.15) is 26.7 Å². The Bertz CT molecular complexity index is 443. The van der Waals surface area contributed by atoms with Crippen LogP contribution in [0.15, 0.2) is 30.5 Å². The van der Waals surface area contributed by atoms with Crippen LogP contribution in [-0.2, 0) is 13.1 Å². The molecule has 0 aliphatic rings. The number of hydrogen-bond donors (Lipinski definition) is 0. The van der Waals surface area contributed by atoms with E-state index in [9.17, 15) is 0 Å². The van der Waals surface area contributed by atoms with Crippen molar-refractivity contribution in [2.75, 3.05) is 0 Å². The lowest BCUT2D eigenvalue weighted by Gasteiger charge is -1.99. The monoisotopic (exact) mass is 203 g/mol. The van der Waals surface area contributed by atoms with E-state index in [-0.39, 0.29) is 0 Å². The molecule has 1 aromatic heterocycles. The molecule has 2 aromatic rings. The van der Waals surface area contributed by atoms with Crippen molar-refractivity contribution >= 4 is 10.9 Å². The van der Waals surface area contributed by atoms with Gasteiger partial charge in [0, 0.05) is 6.42 Å². The Hall–Kier alpha value is -1.31. The summed E-state index contributed by atoms with van der Waals surface area (Å²) in [7, 11) is 0. The van der Waals surface area contributed by atoms with Crippen molar-refractivity contribution in [1.82, 2.24) is 4.68 Å². The van der Waals surface area contributed by atoms with Crippen molar-refractivity contribution in [1.29, 1.82) is 0 Å². The first-order valence-electron chi connectivity index (χ1n) is 5.84. The standard InChI is InChI=1S/C13H19N2/c1-3-5-10-14-11-12-8-6-7-9-13(12)15(14)4-2/h6-9,11H,3-5,10H2,1-2H3/q+1. The van der Waals surface area contributed by atoms with Crippen molar-refractivity contribution in [3.63, 3.8) is 0 Å². The minimum atomic E-state index is 1.04. The summed E-state index contributed by atoms with van der Waals surface area (Å²) in [6.07, 6.45) is 4.76. The molecule has 0 spiro atoms. The van der Waals surface area contributed by atoms with E-state index in [0.717, 1.165) is 13.1 Å². The summed E-state index contributed by atoms with van der Waals surface area (Å²) in [6.45, 7) is 6.60. The zero-order valence-electron chi connectivity index (χ0n) is 9.61. The molecule has 0 N–H and O–H groups in total. The first kappa shape index (κ1) is 10.2. The van der Waals surface area contributed by atoms with Gasteiger partial charge < -0.3 is 0 Å². The summed E-state index contributed by atoms with van der Waals surface area (Å²) in [6, 6.07) is 8.59. The average molecular weight is 203 g/mol. The molecule has 0 saturated heterocycles. The zero-order valence-corrected chi connectivity index (χ0v) is 9.61. The second-order valence-corrected chi connectivity index (χ2v) is 3.92. The molecule has 0 aliphatic heterocycles. The number of fused-ring (bicyclic) bond motifs is 1. The predicted molar refractivity (Wildman–Crippen MR) is 62.7 cm³/mol. The first-order valence-corrected chi connectivity index (χ1v) is 5.84. The Labute approximate surface area is 91.1 Å². The van der Waals surface area contributed by atoms with Crippen molar-refractivity contribution < 1.29 is 4.68 Å². The number of benzene rings is 1. The molecule has 0 amide bonds. The van der Waals surface area contributed by atoms with Gasteiger partial charge in [-0.3, -0.25) is 0 Å². The normalized spacial score (nSPS) is 11.1. The van der Waals surface area contributed by atoms with E-state index in [4.69, 9.17) is 0 Å². The van der Waals surface area contributed by atoms with E-state index in [1.807, 2.05) is 0 Å². The summed E-state index contributed by atoms with van der Waals surface area (Å²) < 4.78 is 4.69. The van der Waals surface area contributed by atoms with Gasteiger partial charge in [0.15, 0.2) is 6.54 Å². The molecule has 0 bridgehead atoms. The summed E-state index contributed by atoms with van der Waals surface area (Å²) in [5.74, 6) is 0. The fraction of sp³-hybridized carbons (Fsp3) is 0.462. The highest BCUT2D eigenvalue weighted by molar-refractivity contribution is 5.77. The van der Waals surface area contributed by atoms with E-state index < -0.39 is 0 Å². The van der Waals surface area contributed by atoms with Gasteiger partial charge in [-0.1, -0.05) is 25.5 Å². The van der Waals surface area contributed by atoms with Crippen LogP contribution in [0.3, 0.4) is 0 Å². The van der Waals surface area contributed by atoms with Crippen LogP contribution >= 0.6 is 0 Å². The molecular weight excluding hydrogens is 184 g/mol. The minimum absolute atomic E-state index is 1.04. The molecule has 0 aliphatic carbocycles. The van der Waals surface area contributed by atoms with Gasteiger partial charge >= 0.3 is 0 Å². The number of rotatable bonds is 4. The Kier molecular flexibility index (Phi) is 3.05. The maximum Gasteiger partial charge on any atom is 0.203 e. The van der Waals surface area contributed by atoms with Gasteiger partial charge in [-0.05, 0) is 19.1 Å². The largest absolute Gasteiger partial charge is 0.203 e. The van der Waals surface area contributed by atoms with Crippen LogP contribution in [0, 0.1) is 0 Å². The third-order valence-electron chi connectivity index (χ3n) is 2.85. The Balaban J connectivity index is 2.44. The predicted octanol–water partition coefficient (Wildman–Crippen LogP) is 2.75. The van der Waals surface area contributed by atoms with E-state index in [1.165, 1.54) is 23.7 Å².